The molecule has 4 nitrogen and oxygen atoms in total. The molecular weight excluding hydrogens is 224 g/mol. The van der Waals surface area contributed by atoms with Crippen LogP contribution in [0.4, 0.5) is 0 Å². The Labute approximate surface area is 108 Å². The van der Waals surface area contributed by atoms with Crippen LogP contribution in [0.3, 0.4) is 0 Å². The largest absolute Gasteiger partial charge is 0.305 e. The first-order valence-electron chi connectivity index (χ1n) is 6.45. The Morgan fingerprint density at radius 1 is 1.33 bits per heavy atom. The summed E-state index contributed by atoms with van der Waals surface area (Å²) >= 11 is 0. The van der Waals surface area contributed by atoms with Crippen LogP contribution in [0.15, 0.2) is 36.8 Å². The lowest BCUT2D eigenvalue weighted by atomic mass is 10.1. The molecular formula is C14H20N4. The molecule has 2 aromatic rings. The summed E-state index contributed by atoms with van der Waals surface area (Å²) in [6.45, 7) is 6.12. The van der Waals surface area contributed by atoms with Gasteiger partial charge in [0, 0.05) is 37.7 Å². The van der Waals surface area contributed by atoms with E-state index in [2.05, 4.69) is 46.1 Å². The third-order valence-corrected chi connectivity index (χ3v) is 3.01. The van der Waals surface area contributed by atoms with Crippen LogP contribution in [0.1, 0.15) is 37.6 Å². The van der Waals surface area contributed by atoms with Gasteiger partial charge in [-0.15, -0.1) is 0 Å². The average Bonchev–Trinajstić information content (AvgIpc) is 2.85. The zero-order valence-electron chi connectivity index (χ0n) is 11.0. The highest BCUT2D eigenvalue weighted by Gasteiger charge is 2.06. The van der Waals surface area contributed by atoms with Crippen LogP contribution in [0.2, 0.25) is 0 Å². The van der Waals surface area contributed by atoms with Gasteiger partial charge in [-0.1, -0.05) is 13.0 Å². The van der Waals surface area contributed by atoms with Crippen LogP contribution < -0.4 is 5.32 Å². The van der Waals surface area contributed by atoms with Crippen molar-refractivity contribution >= 4 is 0 Å². The van der Waals surface area contributed by atoms with E-state index in [0.29, 0.717) is 6.04 Å². The molecule has 2 rings (SSSR count). The molecule has 0 radical (unpaired) electrons. The number of nitrogens with zero attached hydrogens (tertiary/aromatic N) is 3. The highest BCUT2D eigenvalue weighted by molar-refractivity contribution is 5.13. The summed E-state index contributed by atoms with van der Waals surface area (Å²) in [5, 5.41) is 7.82. The van der Waals surface area contributed by atoms with Crippen molar-refractivity contribution in [1.82, 2.24) is 20.1 Å². The van der Waals surface area contributed by atoms with Crippen LogP contribution in [0.25, 0.3) is 0 Å². The van der Waals surface area contributed by atoms with Crippen molar-refractivity contribution in [2.45, 2.75) is 39.4 Å². The normalized spacial score (nSPS) is 12.6. The maximum atomic E-state index is 4.32. The third-order valence-electron chi connectivity index (χ3n) is 3.01. The van der Waals surface area contributed by atoms with Crippen molar-refractivity contribution in [2.24, 2.45) is 0 Å². The Hall–Kier alpha value is -1.68. The Morgan fingerprint density at radius 2 is 2.22 bits per heavy atom. The van der Waals surface area contributed by atoms with Crippen molar-refractivity contribution in [3.05, 3.63) is 48.0 Å². The second-order valence-corrected chi connectivity index (χ2v) is 4.43. The first kappa shape index (κ1) is 12.8. The van der Waals surface area contributed by atoms with E-state index in [-0.39, 0.29) is 0 Å². The second-order valence-electron chi connectivity index (χ2n) is 4.43. The Morgan fingerprint density at radius 3 is 2.94 bits per heavy atom. The van der Waals surface area contributed by atoms with Crippen LogP contribution in [-0.2, 0) is 13.1 Å². The molecule has 0 aliphatic carbocycles. The van der Waals surface area contributed by atoms with Gasteiger partial charge in [0.2, 0.25) is 0 Å². The zero-order chi connectivity index (χ0) is 12.8. The standard InChI is InChI=1S/C14H20N4/c1-3-9-18-14(6-8-17-18)11-16-12(2)13-5-4-7-15-10-13/h4-8,10,12,16H,3,9,11H2,1-2H3. The second kappa shape index (κ2) is 6.31. The fraction of sp³-hybridized carbons (Fsp3) is 0.429. The van der Waals surface area contributed by atoms with E-state index in [0.717, 1.165) is 19.5 Å². The van der Waals surface area contributed by atoms with Crippen molar-refractivity contribution in [2.75, 3.05) is 0 Å². The summed E-state index contributed by atoms with van der Waals surface area (Å²) in [6, 6.07) is 6.42. The molecule has 0 spiro atoms. The fourth-order valence-electron chi connectivity index (χ4n) is 1.93. The topological polar surface area (TPSA) is 42.7 Å². The van der Waals surface area contributed by atoms with E-state index in [1.165, 1.54) is 11.3 Å². The van der Waals surface area contributed by atoms with Gasteiger partial charge in [0.25, 0.3) is 0 Å². The van der Waals surface area contributed by atoms with Crippen LogP contribution in [0.5, 0.6) is 0 Å². The predicted octanol–water partition coefficient (Wildman–Crippen LogP) is 2.54. The summed E-state index contributed by atoms with van der Waals surface area (Å²) in [5.41, 5.74) is 2.44. The quantitative estimate of drug-likeness (QED) is 0.849. The number of hydrogen-bond acceptors (Lipinski definition) is 3. The average molecular weight is 244 g/mol. The minimum absolute atomic E-state index is 0.295. The predicted molar refractivity (Wildman–Crippen MR) is 72.0 cm³/mol. The lowest BCUT2D eigenvalue weighted by Crippen LogP contribution is -2.20. The molecule has 2 aromatic heterocycles. The highest BCUT2D eigenvalue weighted by atomic mass is 15.3. The molecule has 0 bridgehead atoms. The van der Waals surface area contributed by atoms with Gasteiger partial charge < -0.3 is 5.32 Å². The van der Waals surface area contributed by atoms with Gasteiger partial charge in [-0.3, -0.25) is 9.67 Å². The maximum Gasteiger partial charge on any atom is 0.0522 e. The fourth-order valence-corrected chi connectivity index (χ4v) is 1.93. The van der Waals surface area contributed by atoms with Gasteiger partial charge in [-0.05, 0) is 31.0 Å². The molecule has 0 aromatic carbocycles. The number of rotatable bonds is 6. The zero-order valence-corrected chi connectivity index (χ0v) is 11.0. The van der Waals surface area contributed by atoms with Crippen LogP contribution in [-0.4, -0.2) is 14.8 Å². The van der Waals surface area contributed by atoms with E-state index in [9.17, 15) is 0 Å². The molecule has 96 valence electrons. The lowest BCUT2D eigenvalue weighted by Gasteiger charge is -2.14. The number of nitrogens with one attached hydrogen (secondary N) is 1. The minimum atomic E-state index is 0.295. The van der Waals surface area contributed by atoms with Crippen molar-refractivity contribution in [1.29, 1.82) is 0 Å². The van der Waals surface area contributed by atoms with Gasteiger partial charge >= 0.3 is 0 Å². The Bertz CT molecular complexity index is 464. The van der Waals surface area contributed by atoms with Crippen LogP contribution in [0, 0.1) is 0 Å². The summed E-state index contributed by atoms with van der Waals surface area (Å²) in [4.78, 5) is 4.14. The third kappa shape index (κ3) is 3.17. The molecule has 4 heteroatoms. The van der Waals surface area contributed by atoms with E-state index < -0.39 is 0 Å². The minimum Gasteiger partial charge on any atom is -0.305 e. The summed E-state index contributed by atoms with van der Waals surface area (Å²) in [5.74, 6) is 0. The molecule has 1 N–H and O–H groups in total. The maximum absolute atomic E-state index is 4.32. The van der Waals surface area contributed by atoms with E-state index in [1.807, 2.05) is 18.5 Å². The van der Waals surface area contributed by atoms with E-state index in [4.69, 9.17) is 0 Å². The summed E-state index contributed by atoms with van der Waals surface area (Å²) in [7, 11) is 0. The lowest BCUT2D eigenvalue weighted by molar-refractivity contribution is 0.516. The van der Waals surface area contributed by atoms with Crippen LogP contribution >= 0.6 is 0 Å². The first-order valence-corrected chi connectivity index (χ1v) is 6.45. The molecule has 18 heavy (non-hydrogen) atoms. The first-order chi connectivity index (χ1) is 8.81. The molecule has 1 atom stereocenters. The van der Waals surface area contributed by atoms with Gasteiger partial charge in [0.05, 0.1) is 5.69 Å². The van der Waals surface area contributed by atoms with Crippen molar-refractivity contribution < 1.29 is 0 Å². The number of pyridine rings is 1. The molecule has 0 fully saturated rings. The van der Waals surface area contributed by atoms with Crippen molar-refractivity contribution in [3.8, 4) is 0 Å². The molecule has 0 aliphatic rings. The molecule has 0 aliphatic heterocycles. The van der Waals surface area contributed by atoms with E-state index in [1.54, 1.807) is 6.20 Å². The van der Waals surface area contributed by atoms with E-state index >= 15 is 0 Å². The Kier molecular flexibility index (Phi) is 4.47. The highest BCUT2D eigenvalue weighted by Crippen LogP contribution is 2.11. The SMILES string of the molecule is CCCn1nccc1CNC(C)c1cccnc1. The monoisotopic (exact) mass is 244 g/mol. The number of aryl methyl sites for hydroxylation is 1. The molecule has 0 amide bonds. The van der Waals surface area contributed by atoms with Gasteiger partial charge in [-0.25, -0.2) is 0 Å². The van der Waals surface area contributed by atoms with Gasteiger partial charge in [0.15, 0.2) is 0 Å². The number of hydrogen-bond donors (Lipinski definition) is 1. The van der Waals surface area contributed by atoms with Gasteiger partial charge in [-0.2, -0.15) is 5.10 Å². The van der Waals surface area contributed by atoms with Gasteiger partial charge in [0.1, 0.15) is 0 Å². The smallest absolute Gasteiger partial charge is 0.0522 e. The summed E-state index contributed by atoms with van der Waals surface area (Å²) < 4.78 is 2.06. The van der Waals surface area contributed by atoms with Crippen molar-refractivity contribution in [3.63, 3.8) is 0 Å². The molecule has 0 saturated heterocycles. The molecule has 1 unspecified atom stereocenters. The summed E-state index contributed by atoms with van der Waals surface area (Å²) in [6.07, 6.45) is 6.67. The molecule has 0 saturated carbocycles. The Balaban J connectivity index is 1.93. The molecule has 2 heterocycles. The number of aromatic nitrogens is 3.